The van der Waals surface area contributed by atoms with Crippen molar-refractivity contribution in [3.63, 3.8) is 0 Å². The van der Waals surface area contributed by atoms with E-state index < -0.39 is 5.60 Å². The van der Waals surface area contributed by atoms with E-state index in [9.17, 15) is 5.11 Å². The molecule has 0 aliphatic carbocycles. The molecular formula is C10H15NO. The molecule has 2 heteroatoms. The lowest BCUT2D eigenvalue weighted by Crippen LogP contribution is -2.40. The summed E-state index contributed by atoms with van der Waals surface area (Å²) < 4.78 is 0. The highest BCUT2D eigenvalue weighted by Gasteiger charge is 2.26. The summed E-state index contributed by atoms with van der Waals surface area (Å²) in [6.45, 7) is 3.53. The Morgan fingerprint density at radius 2 is 1.83 bits per heavy atom. The third-order valence-corrected chi connectivity index (χ3v) is 2.24. The van der Waals surface area contributed by atoms with Crippen molar-refractivity contribution < 1.29 is 5.11 Å². The third kappa shape index (κ3) is 1.65. The van der Waals surface area contributed by atoms with Crippen LogP contribution in [0.4, 0.5) is 0 Å². The highest BCUT2D eigenvalue weighted by Crippen LogP contribution is 2.22. The minimum atomic E-state index is -0.929. The fraction of sp³-hybridized carbons (Fsp3) is 0.400. The first-order valence-corrected chi connectivity index (χ1v) is 4.08. The van der Waals surface area contributed by atoms with E-state index in [1.165, 1.54) is 0 Å². The molecule has 3 N–H and O–H groups in total. The lowest BCUT2D eigenvalue weighted by molar-refractivity contribution is 0.0349. The number of rotatable bonds is 2. The van der Waals surface area contributed by atoms with Gasteiger partial charge in [0.1, 0.15) is 5.60 Å². The molecule has 0 aliphatic rings. The van der Waals surface area contributed by atoms with Crippen molar-refractivity contribution in [3.8, 4) is 0 Å². The van der Waals surface area contributed by atoms with Gasteiger partial charge in [-0.15, -0.1) is 0 Å². The molecule has 66 valence electrons. The molecule has 1 aromatic rings. The van der Waals surface area contributed by atoms with Gasteiger partial charge in [0.15, 0.2) is 0 Å². The van der Waals surface area contributed by atoms with Gasteiger partial charge in [-0.1, -0.05) is 30.3 Å². The zero-order chi connectivity index (χ0) is 9.19. The van der Waals surface area contributed by atoms with Gasteiger partial charge in [-0.2, -0.15) is 0 Å². The molecule has 12 heavy (non-hydrogen) atoms. The van der Waals surface area contributed by atoms with Crippen LogP contribution in [0.5, 0.6) is 0 Å². The van der Waals surface area contributed by atoms with Crippen LogP contribution in [-0.4, -0.2) is 11.1 Å². The average molecular weight is 165 g/mol. The Kier molecular flexibility index (Phi) is 2.50. The highest BCUT2D eigenvalue weighted by molar-refractivity contribution is 5.22. The topological polar surface area (TPSA) is 46.2 Å². The Balaban J connectivity index is 2.98. The zero-order valence-corrected chi connectivity index (χ0v) is 7.49. The van der Waals surface area contributed by atoms with E-state index in [4.69, 9.17) is 5.73 Å². The van der Waals surface area contributed by atoms with Gasteiger partial charge < -0.3 is 10.8 Å². The van der Waals surface area contributed by atoms with Crippen molar-refractivity contribution in [2.24, 2.45) is 5.73 Å². The van der Waals surface area contributed by atoms with Crippen molar-refractivity contribution in [2.45, 2.75) is 25.5 Å². The fourth-order valence-corrected chi connectivity index (χ4v) is 1.04. The number of benzene rings is 1. The highest BCUT2D eigenvalue weighted by atomic mass is 16.3. The molecule has 0 fully saturated rings. The van der Waals surface area contributed by atoms with E-state index >= 15 is 0 Å². The van der Waals surface area contributed by atoms with Gasteiger partial charge in [0.2, 0.25) is 0 Å². The third-order valence-electron chi connectivity index (χ3n) is 2.24. The summed E-state index contributed by atoms with van der Waals surface area (Å²) in [6, 6.07) is 9.20. The summed E-state index contributed by atoms with van der Waals surface area (Å²) >= 11 is 0. The molecule has 1 aromatic carbocycles. The first kappa shape index (κ1) is 9.23. The smallest absolute Gasteiger partial charge is 0.102 e. The van der Waals surface area contributed by atoms with E-state index in [1.807, 2.05) is 30.3 Å². The van der Waals surface area contributed by atoms with Gasteiger partial charge in [-0.3, -0.25) is 0 Å². The molecule has 0 aliphatic heterocycles. The number of hydrogen-bond donors (Lipinski definition) is 2. The summed E-state index contributed by atoms with van der Waals surface area (Å²) in [5, 5.41) is 9.94. The van der Waals surface area contributed by atoms with E-state index in [0.717, 1.165) is 5.56 Å². The van der Waals surface area contributed by atoms with Gasteiger partial charge in [0.05, 0.1) is 0 Å². The second kappa shape index (κ2) is 3.25. The molecule has 0 heterocycles. The maximum Gasteiger partial charge on any atom is 0.102 e. The zero-order valence-electron chi connectivity index (χ0n) is 7.49. The summed E-state index contributed by atoms with van der Waals surface area (Å²) in [4.78, 5) is 0. The van der Waals surface area contributed by atoms with Crippen molar-refractivity contribution in [3.05, 3.63) is 35.9 Å². The first-order valence-electron chi connectivity index (χ1n) is 4.08. The SMILES string of the molecule is CC(N)C(C)(O)c1ccccc1. The second-order valence-corrected chi connectivity index (χ2v) is 3.30. The minimum Gasteiger partial charge on any atom is -0.384 e. The Morgan fingerprint density at radius 3 is 2.25 bits per heavy atom. The van der Waals surface area contributed by atoms with E-state index in [2.05, 4.69) is 0 Å². The van der Waals surface area contributed by atoms with E-state index in [1.54, 1.807) is 13.8 Å². The van der Waals surface area contributed by atoms with Crippen LogP contribution in [0, 0.1) is 0 Å². The quantitative estimate of drug-likeness (QED) is 0.692. The fourth-order valence-electron chi connectivity index (χ4n) is 1.04. The second-order valence-electron chi connectivity index (χ2n) is 3.30. The van der Waals surface area contributed by atoms with Crippen LogP contribution in [0.2, 0.25) is 0 Å². The summed E-state index contributed by atoms with van der Waals surface area (Å²) in [6.07, 6.45) is 0. The van der Waals surface area contributed by atoms with Crippen LogP contribution in [0.25, 0.3) is 0 Å². The predicted molar refractivity (Wildman–Crippen MR) is 49.7 cm³/mol. The van der Waals surface area contributed by atoms with Gasteiger partial charge >= 0.3 is 0 Å². The molecule has 0 amide bonds. The van der Waals surface area contributed by atoms with Crippen LogP contribution < -0.4 is 5.73 Å². The standard InChI is InChI=1S/C10H15NO/c1-8(11)10(2,12)9-6-4-3-5-7-9/h3-8,12H,11H2,1-2H3. The number of nitrogens with two attached hydrogens (primary N) is 1. The monoisotopic (exact) mass is 165 g/mol. The van der Waals surface area contributed by atoms with E-state index in [-0.39, 0.29) is 6.04 Å². The largest absolute Gasteiger partial charge is 0.384 e. The molecule has 0 saturated carbocycles. The van der Waals surface area contributed by atoms with Crippen molar-refractivity contribution in [1.29, 1.82) is 0 Å². The molecule has 2 atom stereocenters. The lowest BCUT2D eigenvalue weighted by Gasteiger charge is -2.27. The Bertz CT molecular complexity index is 241. The van der Waals surface area contributed by atoms with Crippen LogP contribution in [0.1, 0.15) is 19.4 Å². The molecule has 0 bridgehead atoms. The van der Waals surface area contributed by atoms with Crippen LogP contribution in [-0.2, 0) is 5.60 Å². The van der Waals surface area contributed by atoms with Crippen LogP contribution in [0.15, 0.2) is 30.3 Å². The minimum absolute atomic E-state index is 0.264. The summed E-state index contributed by atoms with van der Waals surface area (Å²) in [5.74, 6) is 0. The molecule has 2 unspecified atom stereocenters. The maximum absolute atomic E-state index is 9.94. The lowest BCUT2D eigenvalue weighted by atomic mass is 9.90. The number of hydrogen-bond acceptors (Lipinski definition) is 2. The molecule has 0 spiro atoms. The predicted octanol–water partition coefficient (Wildman–Crippen LogP) is 1.24. The van der Waals surface area contributed by atoms with Gasteiger partial charge in [0.25, 0.3) is 0 Å². The van der Waals surface area contributed by atoms with E-state index in [0.29, 0.717) is 0 Å². The number of aliphatic hydroxyl groups is 1. The van der Waals surface area contributed by atoms with Crippen LogP contribution >= 0.6 is 0 Å². The normalized spacial score (nSPS) is 18.3. The molecule has 2 nitrogen and oxygen atoms in total. The molecule has 1 rings (SSSR count). The maximum atomic E-state index is 9.94. The van der Waals surface area contributed by atoms with Crippen LogP contribution in [0.3, 0.4) is 0 Å². The van der Waals surface area contributed by atoms with Gasteiger partial charge in [0, 0.05) is 6.04 Å². The molecule has 0 aromatic heterocycles. The Hall–Kier alpha value is -0.860. The van der Waals surface area contributed by atoms with Gasteiger partial charge in [-0.05, 0) is 19.4 Å². The van der Waals surface area contributed by atoms with Crippen molar-refractivity contribution in [2.75, 3.05) is 0 Å². The first-order chi connectivity index (χ1) is 5.55. The Labute approximate surface area is 73.0 Å². The Morgan fingerprint density at radius 1 is 1.33 bits per heavy atom. The average Bonchev–Trinajstić information content (AvgIpc) is 2.06. The van der Waals surface area contributed by atoms with Crippen molar-refractivity contribution in [1.82, 2.24) is 0 Å². The molecule has 0 radical (unpaired) electrons. The molecule has 0 saturated heterocycles. The molecular weight excluding hydrogens is 150 g/mol. The van der Waals surface area contributed by atoms with Crippen molar-refractivity contribution >= 4 is 0 Å². The summed E-state index contributed by atoms with van der Waals surface area (Å²) in [7, 11) is 0. The summed E-state index contributed by atoms with van der Waals surface area (Å²) in [5.41, 5.74) is 5.58. The van der Waals surface area contributed by atoms with Gasteiger partial charge in [-0.25, -0.2) is 0 Å².